The maximum atomic E-state index is 12.8. The van der Waals surface area contributed by atoms with Gasteiger partial charge in [0.1, 0.15) is 12.4 Å². The summed E-state index contributed by atoms with van der Waals surface area (Å²) >= 11 is 0. The number of ether oxygens (including phenoxy) is 1. The highest BCUT2D eigenvalue weighted by atomic mass is 32.2. The summed E-state index contributed by atoms with van der Waals surface area (Å²) in [4.78, 5) is 14.7. The number of hydrogen-bond acceptors (Lipinski definition) is 4. The molecular weight excluding hydrogens is 424 g/mol. The fraction of sp³-hybridized carbons (Fsp3) is 0.240. The Morgan fingerprint density at radius 3 is 2.44 bits per heavy atom. The Labute approximate surface area is 188 Å². The number of rotatable bonds is 7. The molecule has 1 aliphatic rings. The Balaban J connectivity index is 1.37. The van der Waals surface area contributed by atoms with E-state index in [1.807, 2.05) is 61.5 Å². The molecule has 0 aromatic heterocycles. The van der Waals surface area contributed by atoms with Gasteiger partial charge in [0, 0.05) is 12.5 Å². The molecule has 32 heavy (non-hydrogen) atoms. The van der Waals surface area contributed by atoms with Crippen molar-refractivity contribution in [1.29, 1.82) is 0 Å². The van der Waals surface area contributed by atoms with E-state index in [1.54, 1.807) is 29.2 Å². The highest BCUT2D eigenvalue weighted by Crippen LogP contribution is 2.31. The van der Waals surface area contributed by atoms with E-state index in [9.17, 15) is 13.2 Å². The van der Waals surface area contributed by atoms with Crippen molar-refractivity contribution in [2.75, 3.05) is 18.1 Å². The lowest BCUT2D eigenvalue weighted by molar-refractivity contribution is -0.118. The summed E-state index contributed by atoms with van der Waals surface area (Å²) < 4.78 is 33.8. The van der Waals surface area contributed by atoms with Crippen LogP contribution in [0.5, 0.6) is 5.75 Å². The van der Waals surface area contributed by atoms with Crippen LogP contribution in [0.4, 0.5) is 5.69 Å². The van der Waals surface area contributed by atoms with Crippen LogP contribution in [0.25, 0.3) is 0 Å². The lowest BCUT2D eigenvalue weighted by atomic mass is 10.1. The molecule has 1 amide bonds. The van der Waals surface area contributed by atoms with Crippen molar-refractivity contribution in [3.63, 3.8) is 0 Å². The van der Waals surface area contributed by atoms with E-state index in [1.165, 1.54) is 0 Å². The standard InChI is InChI=1S/C25H26N2O4S/c1-19(21-7-3-2-4-8-21)26-32(29,30)22-14-11-20(12-15-22)13-16-25(28)27-17-18-31-24-10-6-5-9-23(24)27/h2-12,14-15,19,26H,13,16-18H2,1H3/t19-/m1/s1. The molecule has 1 heterocycles. The van der Waals surface area contributed by atoms with Crippen molar-refractivity contribution in [3.8, 4) is 5.75 Å². The summed E-state index contributed by atoms with van der Waals surface area (Å²) in [6, 6.07) is 23.3. The maximum Gasteiger partial charge on any atom is 0.241 e. The van der Waals surface area contributed by atoms with Crippen LogP contribution in [0.3, 0.4) is 0 Å². The fourth-order valence-corrected chi connectivity index (χ4v) is 4.99. The molecule has 1 aliphatic heterocycles. The third kappa shape index (κ3) is 5.00. The Bertz CT molecular complexity index is 1180. The van der Waals surface area contributed by atoms with Gasteiger partial charge in [0.2, 0.25) is 15.9 Å². The van der Waals surface area contributed by atoms with Crippen molar-refractivity contribution in [3.05, 3.63) is 90.0 Å². The van der Waals surface area contributed by atoms with E-state index in [-0.39, 0.29) is 16.8 Å². The molecule has 1 atom stereocenters. The molecule has 0 aliphatic carbocycles. The predicted molar refractivity (Wildman–Crippen MR) is 124 cm³/mol. The van der Waals surface area contributed by atoms with Crippen molar-refractivity contribution < 1.29 is 17.9 Å². The first kappa shape index (κ1) is 22.0. The van der Waals surface area contributed by atoms with Crippen LogP contribution in [0.2, 0.25) is 0 Å². The van der Waals surface area contributed by atoms with Crippen LogP contribution in [-0.2, 0) is 21.2 Å². The van der Waals surface area contributed by atoms with Crippen LogP contribution in [0.1, 0.15) is 30.5 Å². The van der Waals surface area contributed by atoms with Crippen molar-refractivity contribution >= 4 is 21.6 Å². The Morgan fingerprint density at radius 1 is 1.00 bits per heavy atom. The molecule has 3 aromatic carbocycles. The molecule has 3 aromatic rings. The number of carbonyl (C=O) groups is 1. The predicted octanol–water partition coefficient (Wildman–Crippen LogP) is 4.08. The molecule has 1 N–H and O–H groups in total. The van der Waals surface area contributed by atoms with Crippen molar-refractivity contribution in [2.45, 2.75) is 30.7 Å². The molecule has 0 saturated carbocycles. The summed E-state index contributed by atoms with van der Waals surface area (Å²) in [7, 11) is -3.65. The number of carbonyl (C=O) groups excluding carboxylic acids is 1. The lowest BCUT2D eigenvalue weighted by Gasteiger charge is -2.29. The van der Waals surface area contributed by atoms with Crippen LogP contribution in [0.15, 0.2) is 83.8 Å². The minimum atomic E-state index is -3.65. The molecule has 0 unspecified atom stereocenters. The Kier molecular flexibility index (Phi) is 6.58. The molecule has 0 radical (unpaired) electrons. The van der Waals surface area contributed by atoms with Gasteiger partial charge < -0.3 is 9.64 Å². The first-order valence-corrected chi connectivity index (χ1v) is 12.1. The van der Waals surface area contributed by atoms with Gasteiger partial charge in [-0.3, -0.25) is 4.79 Å². The van der Waals surface area contributed by atoms with Gasteiger partial charge in [-0.15, -0.1) is 0 Å². The molecule has 7 heteroatoms. The SMILES string of the molecule is C[C@@H](NS(=O)(=O)c1ccc(CCC(=O)N2CCOc3ccccc32)cc1)c1ccccc1. The second kappa shape index (κ2) is 9.54. The number of aryl methyl sites for hydroxylation is 1. The monoisotopic (exact) mass is 450 g/mol. The van der Waals surface area contributed by atoms with E-state index in [0.29, 0.717) is 26.0 Å². The van der Waals surface area contributed by atoms with Crippen molar-refractivity contribution in [2.24, 2.45) is 0 Å². The summed E-state index contributed by atoms with van der Waals surface area (Å²) in [6.07, 6.45) is 0.871. The van der Waals surface area contributed by atoms with Gasteiger partial charge in [-0.25, -0.2) is 13.1 Å². The van der Waals surface area contributed by atoms with Crippen LogP contribution in [-0.4, -0.2) is 27.5 Å². The third-order valence-electron chi connectivity index (χ3n) is 5.52. The number of fused-ring (bicyclic) bond motifs is 1. The molecule has 6 nitrogen and oxygen atoms in total. The Hall–Kier alpha value is -3.16. The van der Waals surface area contributed by atoms with Crippen LogP contribution < -0.4 is 14.4 Å². The number of hydrogen-bond donors (Lipinski definition) is 1. The normalized spacial score (nSPS) is 14.3. The summed E-state index contributed by atoms with van der Waals surface area (Å²) in [5.41, 5.74) is 2.61. The van der Waals surface area contributed by atoms with Crippen molar-refractivity contribution in [1.82, 2.24) is 4.72 Å². The quantitative estimate of drug-likeness (QED) is 0.588. The smallest absolute Gasteiger partial charge is 0.241 e. The zero-order valence-electron chi connectivity index (χ0n) is 17.9. The summed E-state index contributed by atoms with van der Waals surface area (Å²) in [5.74, 6) is 0.745. The number of amides is 1. The highest BCUT2D eigenvalue weighted by Gasteiger charge is 2.23. The number of anilines is 1. The first-order valence-electron chi connectivity index (χ1n) is 10.6. The van der Waals surface area contributed by atoms with E-state index >= 15 is 0 Å². The lowest BCUT2D eigenvalue weighted by Crippen LogP contribution is -2.38. The van der Waals surface area contributed by atoms with Gasteiger partial charge in [0.25, 0.3) is 0 Å². The average Bonchev–Trinajstić information content (AvgIpc) is 2.82. The topological polar surface area (TPSA) is 75.7 Å². The van der Waals surface area contributed by atoms with Gasteiger partial charge in [0.05, 0.1) is 17.1 Å². The molecule has 0 spiro atoms. The van der Waals surface area contributed by atoms with Gasteiger partial charge in [-0.05, 0) is 48.7 Å². The van der Waals surface area contributed by atoms with E-state index in [2.05, 4.69) is 4.72 Å². The minimum absolute atomic E-state index is 0.0239. The van der Waals surface area contributed by atoms with Gasteiger partial charge in [-0.2, -0.15) is 0 Å². The maximum absolute atomic E-state index is 12.8. The van der Waals surface area contributed by atoms with Gasteiger partial charge in [-0.1, -0.05) is 54.6 Å². The minimum Gasteiger partial charge on any atom is -0.490 e. The van der Waals surface area contributed by atoms with Crippen LogP contribution >= 0.6 is 0 Å². The number of para-hydroxylation sites is 2. The molecule has 0 saturated heterocycles. The molecule has 0 fully saturated rings. The number of nitrogens with one attached hydrogen (secondary N) is 1. The molecular formula is C25H26N2O4S. The summed E-state index contributed by atoms with van der Waals surface area (Å²) in [5, 5.41) is 0. The van der Waals surface area contributed by atoms with E-state index in [4.69, 9.17) is 4.74 Å². The largest absolute Gasteiger partial charge is 0.490 e. The van der Waals surface area contributed by atoms with E-state index < -0.39 is 10.0 Å². The molecule has 166 valence electrons. The fourth-order valence-electron chi connectivity index (χ4n) is 3.76. The second-order valence-corrected chi connectivity index (χ2v) is 9.47. The highest BCUT2D eigenvalue weighted by molar-refractivity contribution is 7.89. The number of sulfonamides is 1. The van der Waals surface area contributed by atoms with E-state index in [0.717, 1.165) is 22.6 Å². The third-order valence-corrected chi connectivity index (χ3v) is 7.08. The number of nitrogens with zero attached hydrogens (tertiary/aromatic N) is 1. The molecule has 4 rings (SSSR count). The zero-order chi connectivity index (χ0) is 22.6. The van der Waals surface area contributed by atoms with Gasteiger partial charge in [0.15, 0.2) is 0 Å². The van der Waals surface area contributed by atoms with Gasteiger partial charge >= 0.3 is 0 Å². The zero-order valence-corrected chi connectivity index (χ0v) is 18.7. The first-order chi connectivity index (χ1) is 15.4. The Morgan fingerprint density at radius 2 is 1.69 bits per heavy atom. The summed E-state index contributed by atoms with van der Waals surface area (Å²) in [6.45, 7) is 2.82. The second-order valence-electron chi connectivity index (χ2n) is 7.76. The molecule has 0 bridgehead atoms. The van der Waals surface area contributed by atoms with Crippen LogP contribution in [0, 0.1) is 0 Å². The number of benzene rings is 3. The average molecular weight is 451 g/mol.